The summed E-state index contributed by atoms with van der Waals surface area (Å²) in [5.41, 5.74) is 0.679. The van der Waals surface area contributed by atoms with Crippen molar-refractivity contribution < 1.29 is 9.21 Å². The molecule has 0 fully saturated rings. The fourth-order valence-corrected chi connectivity index (χ4v) is 1.89. The van der Waals surface area contributed by atoms with Crippen LogP contribution in [0.25, 0.3) is 11.5 Å². The van der Waals surface area contributed by atoms with Gasteiger partial charge in [-0.2, -0.15) is 5.10 Å². The topological polar surface area (TPSA) is 90.0 Å². The lowest BCUT2D eigenvalue weighted by molar-refractivity contribution is -0.117. The largest absolute Gasteiger partial charge is 0.463 e. The summed E-state index contributed by atoms with van der Waals surface area (Å²) in [5.74, 6) is 0.167. The number of carbonyl (C=O) groups is 1. The number of carbonyl (C=O) groups excluding carboxylic acids is 1. The average Bonchev–Trinajstić information content (AvgIpc) is 3.05. The van der Waals surface area contributed by atoms with Crippen molar-refractivity contribution >= 4 is 11.6 Å². The number of nitrogens with zero attached hydrogens (tertiary/aromatic N) is 3. The van der Waals surface area contributed by atoms with E-state index >= 15 is 0 Å². The van der Waals surface area contributed by atoms with Crippen molar-refractivity contribution in [3.05, 3.63) is 65.4 Å². The monoisotopic (exact) mass is 296 g/mol. The lowest BCUT2D eigenvalue weighted by Gasteiger charge is -2.07. The predicted molar refractivity (Wildman–Crippen MR) is 79.1 cm³/mol. The average molecular weight is 296 g/mol. The van der Waals surface area contributed by atoms with Crippen molar-refractivity contribution in [3.63, 3.8) is 0 Å². The van der Waals surface area contributed by atoms with Crippen LogP contribution in [0.5, 0.6) is 0 Å². The van der Waals surface area contributed by atoms with Crippen molar-refractivity contribution in [2.45, 2.75) is 6.54 Å². The predicted octanol–water partition coefficient (Wildman–Crippen LogP) is 1.54. The van der Waals surface area contributed by atoms with E-state index in [1.165, 1.54) is 18.5 Å². The molecule has 7 nitrogen and oxygen atoms in total. The Balaban J connectivity index is 1.78. The first kappa shape index (κ1) is 13.7. The highest BCUT2D eigenvalue weighted by molar-refractivity contribution is 5.90. The lowest BCUT2D eigenvalue weighted by atomic mass is 10.3. The van der Waals surface area contributed by atoms with Gasteiger partial charge in [-0.1, -0.05) is 0 Å². The van der Waals surface area contributed by atoms with Crippen LogP contribution in [0.3, 0.4) is 0 Å². The normalized spacial score (nSPS) is 10.4. The van der Waals surface area contributed by atoms with Crippen LogP contribution in [0, 0.1) is 0 Å². The van der Waals surface area contributed by atoms with Gasteiger partial charge in [0.05, 0.1) is 18.1 Å². The van der Waals surface area contributed by atoms with E-state index in [9.17, 15) is 9.59 Å². The Morgan fingerprint density at radius 3 is 2.86 bits per heavy atom. The molecule has 0 aliphatic rings. The third-order valence-electron chi connectivity index (χ3n) is 2.88. The molecule has 0 aliphatic carbocycles. The molecule has 0 atom stereocenters. The Kier molecular flexibility index (Phi) is 3.78. The fraction of sp³-hybridized carbons (Fsp3) is 0.0667. The zero-order valence-corrected chi connectivity index (χ0v) is 11.5. The van der Waals surface area contributed by atoms with E-state index in [0.29, 0.717) is 17.1 Å². The van der Waals surface area contributed by atoms with E-state index in [4.69, 9.17) is 4.42 Å². The summed E-state index contributed by atoms with van der Waals surface area (Å²) in [4.78, 5) is 27.7. The number of hydrogen-bond acceptors (Lipinski definition) is 5. The maximum absolute atomic E-state index is 12.0. The Morgan fingerprint density at radius 1 is 1.23 bits per heavy atom. The van der Waals surface area contributed by atoms with Crippen LogP contribution in [0.2, 0.25) is 0 Å². The second kappa shape index (κ2) is 6.04. The summed E-state index contributed by atoms with van der Waals surface area (Å²) in [7, 11) is 0. The van der Waals surface area contributed by atoms with Gasteiger partial charge in [0.2, 0.25) is 5.91 Å². The Hall–Kier alpha value is -3.22. The molecule has 0 radical (unpaired) electrons. The summed E-state index contributed by atoms with van der Waals surface area (Å²) in [5, 5.41) is 6.78. The highest BCUT2D eigenvalue weighted by atomic mass is 16.3. The SMILES string of the molecule is O=C(Cn1nc(-c2ccco2)ccc1=O)Nc1cccnc1. The molecule has 0 unspecified atom stereocenters. The van der Waals surface area contributed by atoms with Crippen LogP contribution in [-0.2, 0) is 11.3 Å². The van der Waals surface area contributed by atoms with E-state index in [1.807, 2.05) is 0 Å². The van der Waals surface area contributed by atoms with Crippen LogP contribution in [-0.4, -0.2) is 20.7 Å². The fourth-order valence-electron chi connectivity index (χ4n) is 1.89. The first-order valence-electron chi connectivity index (χ1n) is 6.54. The van der Waals surface area contributed by atoms with Gasteiger partial charge in [0.25, 0.3) is 5.56 Å². The van der Waals surface area contributed by atoms with E-state index in [-0.39, 0.29) is 18.0 Å². The van der Waals surface area contributed by atoms with Gasteiger partial charge in [-0.25, -0.2) is 4.68 Å². The summed E-state index contributed by atoms with van der Waals surface area (Å²) in [6.45, 7) is -0.192. The summed E-state index contributed by atoms with van der Waals surface area (Å²) in [6.07, 6.45) is 4.64. The molecule has 22 heavy (non-hydrogen) atoms. The van der Waals surface area contributed by atoms with Gasteiger partial charge < -0.3 is 9.73 Å². The molecule has 3 aromatic heterocycles. The number of nitrogens with one attached hydrogen (secondary N) is 1. The van der Waals surface area contributed by atoms with Crippen LogP contribution in [0.4, 0.5) is 5.69 Å². The smallest absolute Gasteiger partial charge is 0.267 e. The molecular formula is C15H12N4O3. The van der Waals surface area contributed by atoms with Gasteiger partial charge >= 0.3 is 0 Å². The lowest BCUT2D eigenvalue weighted by Crippen LogP contribution is -2.29. The molecule has 0 saturated heterocycles. The van der Waals surface area contributed by atoms with E-state index in [1.54, 1.807) is 36.5 Å². The Labute approximate surface area is 125 Å². The molecule has 7 heteroatoms. The highest BCUT2D eigenvalue weighted by Crippen LogP contribution is 2.15. The van der Waals surface area contributed by atoms with Crippen molar-refractivity contribution in [2.24, 2.45) is 0 Å². The first-order valence-corrected chi connectivity index (χ1v) is 6.54. The van der Waals surface area contributed by atoms with Crippen LogP contribution < -0.4 is 10.9 Å². The molecule has 110 valence electrons. The number of pyridine rings is 1. The number of hydrogen-bond donors (Lipinski definition) is 1. The van der Waals surface area contributed by atoms with Crippen molar-refractivity contribution in [3.8, 4) is 11.5 Å². The second-order valence-electron chi connectivity index (χ2n) is 4.48. The molecule has 1 N–H and O–H groups in total. The number of furan rings is 1. The molecule has 3 heterocycles. The third-order valence-corrected chi connectivity index (χ3v) is 2.88. The standard InChI is InChI=1S/C15H12N4O3/c20-14(17-11-3-1-7-16-9-11)10-19-15(21)6-5-12(18-19)13-4-2-8-22-13/h1-9H,10H2,(H,17,20). The van der Waals surface area contributed by atoms with Crippen molar-refractivity contribution in [2.75, 3.05) is 5.32 Å². The Bertz CT molecular complexity index is 826. The molecule has 3 aromatic rings. The molecule has 3 rings (SSSR count). The van der Waals surface area contributed by atoms with Gasteiger partial charge in [0.1, 0.15) is 12.2 Å². The number of anilines is 1. The number of aromatic nitrogens is 3. The van der Waals surface area contributed by atoms with Crippen LogP contribution >= 0.6 is 0 Å². The maximum atomic E-state index is 12.0. The minimum absolute atomic E-state index is 0.192. The summed E-state index contributed by atoms with van der Waals surface area (Å²) < 4.78 is 6.32. The van der Waals surface area contributed by atoms with Crippen LogP contribution in [0.15, 0.2) is 64.3 Å². The summed E-state index contributed by atoms with van der Waals surface area (Å²) >= 11 is 0. The highest BCUT2D eigenvalue weighted by Gasteiger charge is 2.09. The van der Waals surface area contributed by atoms with Crippen molar-refractivity contribution in [1.82, 2.24) is 14.8 Å². The van der Waals surface area contributed by atoms with E-state index in [2.05, 4.69) is 15.4 Å². The third kappa shape index (κ3) is 3.09. The van der Waals surface area contributed by atoms with Crippen LogP contribution in [0.1, 0.15) is 0 Å². The minimum atomic E-state index is -0.364. The summed E-state index contributed by atoms with van der Waals surface area (Å²) in [6, 6.07) is 9.77. The molecular weight excluding hydrogens is 284 g/mol. The van der Waals surface area contributed by atoms with Gasteiger partial charge in [-0.3, -0.25) is 14.6 Å². The van der Waals surface area contributed by atoms with Gasteiger partial charge in [0.15, 0.2) is 5.76 Å². The zero-order valence-electron chi connectivity index (χ0n) is 11.5. The molecule has 0 bridgehead atoms. The number of amides is 1. The molecule has 0 spiro atoms. The Morgan fingerprint density at radius 2 is 2.14 bits per heavy atom. The van der Waals surface area contributed by atoms with Crippen molar-refractivity contribution in [1.29, 1.82) is 0 Å². The van der Waals surface area contributed by atoms with E-state index in [0.717, 1.165) is 4.68 Å². The first-order chi connectivity index (χ1) is 10.7. The number of rotatable bonds is 4. The molecule has 0 saturated carbocycles. The second-order valence-corrected chi connectivity index (χ2v) is 4.48. The molecule has 0 aromatic carbocycles. The zero-order chi connectivity index (χ0) is 15.4. The maximum Gasteiger partial charge on any atom is 0.267 e. The van der Waals surface area contributed by atoms with Gasteiger partial charge in [-0.15, -0.1) is 0 Å². The molecule has 1 amide bonds. The quantitative estimate of drug-likeness (QED) is 0.788. The molecule has 0 aliphatic heterocycles. The minimum Gasteiger partial charge on any atom is -0.463 e. The van der Waals surface area contributed by atoms with E-state index < -0.39 is 0 Å². The van der Waals surface area contributed by atoms with Gasteiger partial charge in [-0.05, 0) is 30.3 Å². The van der Waals surface area contributed by atoms with Gasteiger partial charge in [0, 0.05) is 12.3 Å².